The number of fused-ring (bicyclic) bond motifs is 1. The molecular weight excluding hydrogens is 374 g/mol. The van der Waals surface area contributed by atoms with Gasteiger partial charge in [0.05, 0.1) is 13.7 Å². The van der Waals surface area contributed by atoms with E-state index in [1.165, 1.54) is 13.2 Å². The molecule has 29 heavy (non-hydrogen) atoms. The molecule has 0 aliphatic carbocycles. The van der Waals surface area contributed by atoms with Crippen molar-refractivity contribution in [1.82, 2.24) is 0 Å². The maximum atomic E-state index is 12.0. The molecule has 0 radical (unpaired) electrons. The number of hydrogen-bond acceptors (Lipinski definition) is 7. The predicted octanol–water partition coefficient (Wildman–Crippen LogP) is 3.23. The lowest BCUT2D eigenvalue weighted by atomic mass is 9.98. The summed E-state index contributed by atoms with van der Waals surface area (Å²) in [7, 11) is 1.29. The molecule has 1 unspecified atom stereocenters. The lowest BCUT2D eigenvalue weighted by molar-refractivity contribution is -0.144. The minimum Gasteiger partial charge on any atom is -0.485 e. The van der Waals surface area contributed by atoms with Gasteiger partial charge in [-0.25, -0.2) is 4.79 Å². The van der Waals surface area contributed by atoms with Crippen molar-refractivity contribution < 1.29 is 28.2 Å². The zero-order valence-corrected chi connectivity index (χ0v) is 16.3. The van der Waals surface area contributed by atoms with Crippen LogP contribution in [0, 0.1) is 0 Å². The average molecular weight is 397 g/mol. The maximum absolute atomic E-state index is 12.0. The van der Waals surface area contributed by atoms with Crippen molar-refractivity contribution >= 4 is 22.7 Å². The molecule has 3 aromatic rings. The molecule has 0 aliphatic heterocycles. The van der Waals surface area contributed by atoms with Gasteiger partial charge >= 0.3 is 11.9 Å². The zero-order valence-electron chi connectivity index (χ0n) is 16.3. The van der Waals surface area contributed by atoms with Crippen LogP contribution in [0.2, 0.25) is 0 Å². The van der Waals surface area contributed by atoms with Gasteiger partial charge < -0.3 is 24.4 Å². The largest absolute Gasteiger partial charge is 0.485 e. The monoisotopic (exact) mass is 397 g/mol. The molecule has 7 nitrogen and oxygen atoms in total. The normalized spacial score (nSPS) is 11.8. The Hall–Kier alpha value is -3.32. The molecule has 1 atom stereocenters. The molecule has 152 valence electrons. The van der Waals surface area contributed by atoms with Gasteiger partial charge in [-0.2, -0.15) is 0 Å². The van der Waals surface area contributed by atoms with Crippen LogP contribution in [0.5, 0.6) is 5.75 Å². The highest BCUT2D eigenvalue weighted by Crippen LogP contribution is 2.30. The summed E-state index contributed by atoms with van der Waals surface area (Å²) in [4.78, 5) is 23.5. The van der Waals surface area contributed by atoms with E-state index in [-0.39, 0.29) is 25.4 Å². The highest BCUT2D eigenvalue weighted by atomic mass is 16.5. The quantitative estimate of drug-likeness (QED) is 0.582. The van der Waals surface area contributed by atoms with Crippen LogP contribution >= 0.6 is 0 Å². The van der Waals surface area contributed by atoms with E-state index < -0.39 is 18.0 Å². The van der Waals surface area contributed by atoms with Crippen LogP contribution in [-0.4, -0.2) is 31.7 Å². The Labute approximate surface area is 168 Å². The fraction of sp³-hybridized carbons (Fsp3) is 0.273. The molecular formula is C22H23NO6. The van der Waals surface area contributed by atoms with E-state index in [0.717, 1.165) is 16.3 Å². The van der Waals surface area contributed by atoms with E-state index >= 15 is 0 Å². The van der Waals surface area contributed by atoms with Gasteiger partial charge in [-0.05, 0) is 35.9 Å². The van der Waals surface area contributed by atoms with Crippen LogP contribution in [0.25, 0.3) is 10.8 Å². The average Bonchev–Trinajstić information content (AvgIpc) is 3.21. The second-order valence-electron chi connectivity index (χ2n) is 6.37. The van der Waals surface area contributed by atoms with Gasteiger partial charge in [-0.1, -0.05) is 30.3 Å². The first kappa shape index (κ1) is 20.4. The fourth-order valence-corrected chi connectivity index (χ4v) is 3.03. The lowest BCUT2D eigenvalue weighted by Crippen LogP contribution is -2.34. The van der Waals surface area contributed by atoms with Gasteiger partial charge in [0.15, 0.2) is 0 Å². The van der Waals surface area contributed by atoms with Crippen LogP contribution in [0.15, 0.2) is 52.9 Å². The van der Waals surface area contributed by atoms with Crippen molar-refractivity contribution in [3.8, 4) is 5.75 Å². The van der Waals surface area contributed by atoms with Crippen LogP contribution in [0.3, 0.4) is 0 Å². The minimum atomic E-state index is -0.808. The van der Waals surface area contributed by atoms with Crippen LogP contribution in [0.1, 0.15) is 28.8 Å². The highest BCUT2D eigenvalue weighted by molar-refractivity contribution is 5.89. The molecule has 3 rings (SSSR count). The molecule has 7 heteroatoms. The van der Waals surface area contributed by atoms with Crippen LogP contribution in [-0.2, 0) is 27.3 Å². The number of ether oxygens (including phenoxy) is 3. The summed E-state index contributed by atoms with van der Waals surface area (Å²) in [6.07, 6.45) is 0.265. The molecule has 0 fully saturated rings. The second kappa shape index (κ2) is 9.25. The summed E-state index contributed by atoms with van der Waals surface area (Å²) in [6, 6.07) is 13.9. The first-order valence-corrected chi connectivity index (χ1v) is 9.26. The predicted molar refractivity (Wildman–Crippen MR) is 107 cm³/mol. The number of methoxy groups -OCH3 is 1. The Balaban J connectivity index is 1.85. The molecule has 0 bridgehead atoms. The van der Waals surface area contributed by atoms with Crippen LogP contribution < -0.4 is 10.5 Å². The Morgan fingerprint density at radius 2 is 1.90 bits per heavy atom. The van der Waals surface area contributed by atoms with Crippen molar-refractivity contribution in [2.75, 3.05) is 13.7 Å². The summed E-state index contributed by atoms with van der Waals surface area (Å²) in [5.41, 5.74) is 6.86. The molecule has 0 amide bonds. The first-order chi connectivity index (χ1) is 14.0. The number of furan rings is 1. The zero-order chi connectivity index (χ0) is 20.8. The van der Waals surface area contributed by atoms with E-state index in [1.807, 2.05) is 36.4 Å². The maximum Gasteiger partial charge on any atom is 0.373 e. The van der Waals surface area contributed by atoms with Gasteiger partial charge in [-0.15, -0.1) is 0 Å². The Morgan fingerprint density at radius 3 is 2.66 bits per heavy atom. The topological polar surface area (TPSA) is 101 Å². The molecule has 0 spiro atoms. The van der Waals surface area contributed by atoms with E-state index in [9.17, 15) is 9.59 Å². The summed E-state index contributed by atoms with van der Waals surface area (Å²) in [5, 5.41) is 1.95. The van der Waals surface area contributed by atoms with E-state index in [2.05, 4.69) is 4.74 Å². The van der Waals surface area contributed by atoms with Gasteiger partial charge in [-0.3, -0.25) is 4.79 Å². The fourth-order valence-electron chi connectivity index (χ4n) is 3.03. The van der Waals surface area contributed by atoms with Crippen molar-refractivity contribution in [1.29, 1.82) is 0 Å². The number of benzene rings is 2. The van der Waals surface area contributed by atoms with E-state index in [0.29, 0.717) is 11.5 Å². The van der Waals surface area contributed by atoms with Gasteiger partial charge in [0, 0.05) is 12.0 Å². The summed E-state index contributed by atoms with van der Waals surface area (Å²) < 4.78 is 21.0. The Bertz CT molecular complexity index is 1010. The minimum absolute atomic E-state index is 0.106. The molecule has 0 aliphatic rings. The van der Waals surface area contributed by atoms with Crippen molar-refractivity contribution in [3.05, 3.63) is 65.6 Å². The lowest BCUT2D eigenvalue weighted by Gasteiger charge is -2.17. The third-order valence-corrected chi connectivity index (χ3v) is 4.43. The van der Waals surface area contributed by atoms with Crippen molar-refractivity contribution in [2.24, 2.45) is 5.73 Å². The summed E-state index contributed by atoms with van der Waals surface area (Å²) in [6.45, 7) is 2.12. The van der Waals surface area contributed by atoms with E-state index in [1.54, 1.807) is 13.0 Å². The van der Waals surface area contributed by atoms with Crippen molar-refractivity contribution in [3.63, 3.8) is 0 Å². The number of carbonyl (C=O) groups is 2. The van der Waals surface area contributed by atoms with Crippen molar-refractivity contribution in [2.45, 2.75) is 26.0 Å². The number of carbonyl (C=O) groups excluding carboxylic acids is 2. The molecule has 2 aromatic carbocycles. The number of esters is 2. The highest BCUT2D eigenvalue weighted by Gasteiger charge is 2.20. The molecule has 1 heterocycles. The van der Waals surface area contributed by atoms with E-state index in [4.69, 9.17) is 19.6 Å². The third kappa shape index (κ3) is 4.75. The Morgan fingerprint density at radius 1 is 1.10 bits per heavy atom. The molecule has 1 aromatic heterocycles. The number of rotatable bonds is 8. The molecule has 0 saturated heterocycles. The standard InChI is InChI=1S/C22H23NO6/c1-3-27-21(24)18(23)12-17-16-7-5-4-6-14(16)8-10-19(17)28-13-15-9-11-20(29-15)22(25)26-2/h4-11,18H,3,12-13,23H2,1-2H3. The number of hydrogen-bond donors (Lipinski definition) is 1. The smallest absolute Gasteiger partial charge is 0.373 e. The summed E-state index contributed by atoms with van der Waals surface area (Å²) in [5.74, 6) is 0.149. The molecule has 2 N–H and O–H groups in total. The van der Waals surface area contributed by atoms with Gasteiger partial charge in [0.25, 0.3) is 0 Å². The SMILES string of the molecule is CCOC(=O)C(N)Cc1c(OCc2ccc(C(=O)OC)o2)ccc2ccccc12. The summed E-state index contributed by atoms with van der Waals surface area (Å²) >= 11 is 0. The third-order valence-electron chi connectivity index (χ3n) is 4.43. The Kier molecular flexibility index (Phi) is 6.51. The van der Waals surface area contributed by atoms with Crippen LogP contribution in [0.4, 0.5) is 0 Å². The number of nitrogens with two attached hydrogens (primary N) is 1. The molecule has 0 saturated carbocycles. The van der Waals surface area contributed by atoms with Gasteiger partial charge in [0.1, 0.15) is 24.2 Å². The first-order valence-electron chi connectivity index (χ1n) is 9.26. The van der Waals surface area contributed by atoms with Gasteiger partial charge in [0.2, 0.25) is 5.76 Å². The second-order valence-corrected chi connectivity index (χ2v) is 6.37.